The van der Waals surface area contributed by atoms with Crippen LogP contribution in [-0.4, -0.2) is 85.7 Å². The summed E-state index contributed by atoms with van der Waals surface area (Å²) in [6.45, 7) is 9.19. The van der Waals surface area contributed by atoms with Crippen molar-refractivity contribution in [3.63, 3.8) is 0 Å². The number of aromatic amines is 1. The van der Waals surface area contributed by atoms with Gasteiger partial charge >= 0.3 is 0 Å². The quantitative estimate of drug-likeness (QED) is 0.101. The maximum Gasteiger partial charge on any atom is 0.287 e. The van der Waals surface area contributed by atoms with Crippen molar-refractivity contribution in [3.05, 3.63) is 90.0 Å². The molecule has 7 heterocycles. The summed E-state index contributed by atoms with van der Waals surface area (Å²) in [5.74, 6) is 0.734. The van der Waals surface area contributed by atoms with Crippen LogP contribution in [0, 0.1) is 11.3 Å². The van der Waals surface area contributed by atoms with Crippen LogP contribution in [0.4, 0.5) is 17.1 Å². The number of amides is 1. The normalized spacial score (nSPS) is 22.0. The molecule has 4 aliphatic heterocycles. The molecule has 3 aromatic heterocycles. The van der Waals surface area contributed by atoms with Gasteiger partial charge in [0.05, 0.1) is 34.7 Å². The number of benzene rings is 2. The Bertz CT molecular complexity index is 2580. The zero-order valence-corrected chi connectivity index (χ0v) is 36.3. The Labute approximate surface area is 363 Å². The minimum atomic E-state index is -4.41. The van der Waals surface area contributed by atoms with Gasteiger partial charge in [0.15, 0.2) is 11.4 Å². The molecule has 10 rings (SSSR count). The van der Waals surface area contributed by atoms with Crippen LogP contribution in [0.2, 0.25) is 0 Å². The van der Waals surface area contributed by atoms with Crippen LogP contribution >= 0.6 is 0 Å². The van der Waals surface area contributed by atoms with Crippen LogP contribution in [0.1, 0.15) is 98.8 Å². The maximum atomic E-state index is 14.0. The minimum Gasteiger partial charge on any atom is -0.489 e. The number of sulfonamides is 1. The molecule has 0 radical (unpaired) electrons. The zero-order valence-electron chi connectivity index (χ0n) is 35.4. The molecule has 62 heavy (non-hydrogen) atoms. The lowest BCUT2D eigenvalue weighted by Crippen LogP contribution is -2.55. The predicted octanol–water partition coefficient (Wildman–Crippen LogP) is 7.76. The van der Waals surface area contributed by atoms with Gasteiger partial charge in [0.1, 0.15) is 29.4 Å². The fourth-order valence-corrected chi connectivity index (χ4v) is 11.7. The lowest BCUT2D eigenvalue weighted by Gasteiger charge is -2.56. The molecule has 2 atom stereocenters. The number of ether oxygens (including phenoxy) is 3. The number of likely N-dealkylation sites (tertiary alicyclic amines) is 1. The summed E-state index contributed by atoms with van der Waals surface area (Å²) < 4.78 is 47.8. The molecule has 2 aromatic carbocycles. The van der Waals surface area contributed by atoms with E-state index in [1.165, 1.54) is 48.9 Å². The number of carbonyl (C=O) groups excluding carboxylic acids is 1. The number of hydrogen-bond acceptors (Lipinski definition) is 12. The van der Waals surface area contributed by atoms with E-state index in [0.29, 0.717) is 72.0 Å². The van der Waals surface area contributed by atoms with Gasteiger partial charge in [-0.05, 0) is 104 Å². The number of H-pyrrole nitrogens is 1. The number of hydrogen-bond donors (Lipinski definition) is 4. The Morgan fingerprint density at radius 2 is 1.81 bits per heavy atom. The number of piperidine rings is 1. The number of rotatable bonds is 10. The van der Waals surface area contributed by atoms with Gasteiger partial charge in [0.25, 0.3) is 15.9 Å². The molecule has 0 bridgehead atoms. The van der Waals surface area contributed by atoms with Gasteiger partial charge in [-0.25, -0.2) is 23.1 Å². The Kier molecular flexibility index (Phi) is 10.8. The first-order valence-corrected chi connectivity index (χ1v) is 23.7. The van der Waals surface area contributed by atoms with E-state index in [0.717, 1.165) is 56.4 Å². The molecule has 1 amide bonds. The van der Waals surface area contributed by atoms with Crippen molar-refractivity contribution in [2.24, 2.45) is 11.3 Å². The molecule has 15 heteroatoms. The van der Waals surface area contributed by atoms with Crippen LogP contribution in [0.3, 0.4) is 0 Å². The summed E-state index contributed by atoms with van der Waals surface area (Å²) in [5, 5.41) is 4.29. The number of nitrogen functional groups attached to an aromatic ring is 1. The van der Waals surface area contributed by atoms with Crippen molar-refractivity contribution in [3.8, 4) is 17.2 Å². The van der Waals surface area contributed by atoms with Gasteiger partial charge in [-0.15, -0.1) is 0 Å². The van der Waals surface area contributed by atoms with Crippen molar-refractivity contribution in [2.75, 3.05) is 55.4 Å². The monoisotopic (exact) mass is 860 g/mol. The molecule has 5 aliphatic rings. The van der Waals surface area contributed by atoms with E-state index in [-0.39, 0.29) is 28.1 Å². The van der Waals surface area contributed by atoms with E-state index in [1.54, 1.807) is 24.7 Å². The van der Waals surface area contributed by atoms with Gasteiger partial charge in [0.2, 0.25) is 0 Å². The molecule has 326 valence electrons. The van der Waals surface area contributed by atoms with Gasteiger partial charge in [-0.1, -0.05) is 38.1 Å². The fourth-order valence-electron chi connectivity index (χ4n) is 10.7. The molecule has 5 N–H and O–H groups in total. The molecule has 1 unspecified atom stereocenters. The number of pyridine rings is 2. The smallest absolute Gasteiger partial charge is 0.287 e. The molecule has 1 aliphatic carbocycles. The second kappa shape index (κ2) is 16.4. The number of nitrogens with one attached hydrogen (secondary N) is 3. The average molecular weight is 861 g/mol. The first-order chi connectivity index (χ1) is 30.0. The summed E-state index contributed by atoms with van der Waals surface area (Å²) in [7, 11) is -4.41. The number of aromatic nitrogens is 3. The first kappa shape index (κ1) is 40.7. The van der Waals surface area contributed by atoms with Crippen molar-refractivity contribution < 1.29 is 27.4 Å². The molecule has 14 nitrogen and oxygen atoms in total. The number of nitrogens with zero attached hydrogens (tertiary/aromatic N) is 4. The Morgan fingerprint density at radius 3 is 2.61 bits per heavy atom. The molecule has 4 fully saturated rings. The van der Waals surface area contributed by atoms with Crippen molar-refractivity contribution in [1.29, 1.82) is 0 Å². The van der Waals surface area contributed by atoms with Crippen molar-refractivity contribution in [1.82, 2.24) is 24.6 Å². The summed E-state index contributed by atoms with van der Waals surface area (Å²) in [4.78, 5) is 31.0. The Morgan fingerprint density at radius 1 is 1.00 bits per heavy atom. The van der Waals surface area contributed by atoms with Gasteiger partial charge in [-0.3, -0.25) is 9.69 Å². The van der Waals surface area contributed by atoms with Gasteiger partial charge in [-0.2, -0.15) is 0 Å². The zero-order chi connectivity index (χ0) is 42.6. The van der Waals surface area contributed by atoms with Gasteiger partial charge < -0.3 is 35.1 Å². The lowest BCUT2D eigenvalue weighted by atomic mass is 9.59. The Hall–Kier alpha value is -5.38. The number of anilines is 3. The van der Waals surface area contributed by atoms with Crippen molar-refractivity contribution >= 4 is 44.0 Å². The highest BCUT2D eigenvalue weighted by Gasteiger charge is 2.50. The summed E-state index contributed by atoms with van der Waals surface area (Å²) in [5.41, 5.74) is 11.8. The topological polar surface area (TPSA) is 177 Å². The molecular weight excluding hydrogens is 805 g/mol. The maximum absolute atomic E-state index is 14.0. The molecular formula is C47H56N8O6S. The first-order valence-electron chi connectivity index (χ1n) is 22.2. The van der Waals surface area contributed by atoms with Crippen LogP contribution in [0.25, 0.3) is 11.0 Å². The standard InChI is InChI=1S/C47H56N8O6S/c1-29(2)36-6-3-4-7-37(36)40-8-5-15-55(40)33-24-47(25-33)12-16-54(17-13-47)32-21-42(61-34-20-31-9-14-49-45(31)51-27-34)44(50-26-32)46(56)53-62(57,58)35-22-38(48)43-41(23-35)60-28-39(52-43)30-10-18-59-19-11-30/h3-4,6-7,9,14,20-23,26-27,29-30,33,39-40,52H,5,8,10-13,15-19,24-25,28,48H2,1-2H3,(H,49,51)(H,53,56)/t39?,40-/m0/s1. The lowest BCUT2D eigenvalue weighted by molar-refractivity contribution is -0.0228. The third kappa shape index (κ3) is 7.83. The third-order valence-corrected chi connectivity index (χ3v) is 15.5. The third-order valence-electron chi connectivity index (χ3n) is 14.1. The summed E-state index contributed by atoms with van der Waals surface area (Å²) >= 11 is 0. The number of nitrogens with two attached hydrogens (primary N) is 1. The van der Waals surface area contributed by atoms with Crippen LogP contribution in [-0.2, 0) is 14.8 Å². The largest absolute Gasteiger partial charge is 0.489 e. The van der Waals surface area contributed by atoms with Gasteiger partial charge in [0, 0.05) is 62.1 Å². The summed E-state index contributed by atoms with van der Waals surface area (Å²) in [6, 6.07) is 18.4. The van der Waals surface area contributed by atoms with Crippen molar-refractivity contribution in [2.45, 2.75) is 94.2 Å². The second-order valence-corrected chi connectivity index (χ2v) is 20.0. The van der Waals surface area contributed by atoms with E-state index in [2.05, 4.69) is 72.9 Å². The summed E-state index contributed by atoms with van der Waals surface area (Å²) in [6.07, 6.45) is 13.8. The van der Waals surface area contributed by atoms with Crippen LogP contribution in [0.5, 0.6) is 17.2 Å². The highest BCUT2D eigenvalue weighted by atomic mass is 32.2. The molecule has 1 spiro atoms. The fraction of sp³-hybridized carbons (Fsp3) is 0.468. The highest BCUT2D eigenvalue weighted by Crippen LogP contribution is 2.54. The average Bonchev–Trinajstić information content (AvgIpc) is 3.96. The van der Waals surface area contributed by atoms with E-state index in [9.17, 15) is 13.2 Å². The Balaban J connectivity index is 0.845. The van der Waals surface area contributed by atoms with Crippen LogP contribution < -0.4 is 30.1 Å². The number of fused-ring (bicyclic) bond motifs is 2. The SMILES string of the molecule is CC(C)c1ccccc1[C@@H]1CCCN1C1CC2(CCN(c3cnc(C(=O)NS(=O)(=O)c4cc(N)c5c(c4)OCC(C4CCOCC4)N5)c(Oc4cnc5[nH]ccc5c4)c3)CC2)C1. The minimum absolute atomic E-state index is 0.0274. The van der Waals surface area contributed by atoms with E-state index >= 15 is 0 Å². The second-order valence-electron chi connectivity index (χ2n) is 18.3. The van der Waals surface area contributed by atoms with E-state index < -0.39 is 15.9 Å². The molecule has 3 saturated heterocycles. The predicted molar refractivity (Wildman–Crippen MR) is 238 cm³/mol. The molecule has 5 aromatic rings. The highest BCUT2D eigenvalue weighted by molar-refractivity contribution is 7.90. The van der Waals surface area contributed by atoms with E-state index in [4.69, 9.17) is 19.9 Å². The van der Waals surface area contributed by atoms with Crippen LogP contribution in [0.15, 0.2) is 78.1 Å². The van der Waals surface area contributed by atoms with E-state index in [1.807, 2.05) is 12.1 Å². The molecule has 1 saturated carbocycles. The number of carbonyl (C=O) groups is 1.